The van der Waals surface area contributed by atoms with Crippen molar-refractivity contribution in [3.8, 4) is 0 Å². The van der Waals surface area contributed by atoms with Crippen molar-refractivity contribution in [3.05, 3.63) is 29.8 Å². The van der Waals surface area contributed by atoms with Crippen molar-refractivity contribution in [1.82, 2.24) is 15.5 Å². The van der Waals surface area contributed by atoms with Gasteiger partial charge in [0.15, 0.2) is 0 Å². The molecule has 2 N–H and O–H groups in total. The number of amides is 2. The van der Waals surface area contributed by atoms with Gasteiger partial charge in [0.25, 0.3) is 5.91 Å². The van der Waals surface area contributed by atoms with Crippen LogP contribution in [0, 0.1) is 0 Å². The van der Waals surface area contributed by atoms with Crippen LogP contribution >= 0.6 is 11.8 Å². The van der Waals surface area contributed by atoms with Crippen LogP contribution in [0.15, 0.2) is 29.2 Å². The molecule has 140 valence electrons. The van der Waals surface area contributed by atoms with Crippen molar-refractivity contribution >= 4 is 23.6 Å². The standard InChI is InChI=1S/C20H27N3O2S/c24-19(23-9-3-4-10-23)13-26-18-6-2-1-5-17(18)20(25)22-16-11-14-7-8-15(12-16)21-14/h1-2,5-6,14-16,21H,3-4,7-13H2,(H,22,25). The average Bonchev–Trinajstić information content (AvgIpc) is 3.30. The Morgan fingerprint density at radius 2 is 1.81 bits per heavy atom. The molecule has 0 aliphatic carbocycles. The zero-order chi connectivity index (χ0) is 17.9. The molecule has 1 aromatic rings. The molecule has 0 aromatic heterocycles. The van der Waals surface area contributed by atoms with Gasteiger partial charge in [-0.2, -0.15) is 0 Å². The molecular weight excluding hydrogens is 346 g/mol. The van der Waals surface area contributed by atoms with Gasteiger partial charge < -0.3 is 15.5 Å². The third kappa shape index (κ3) is 4.07. The van der Waals surface area contributed by atoms with Crippen molar-refractivity contribution < 1.29 is 9.59 Å². The molecule has 1 aromatic carbocycles. The normalized spacial score (nSPS) is 27.5. The number of hydrogen-bond donors (Lipinski definition) is 2. The smallest absolute Gasteiger partial charge is 0.252 e. The fourth-order valence-electron chi connectivity index (χ4n) is 4.42. The minimum Gasteiger partial charge on any atom is -0.349 e. The van der Waals surface area contributed by atoms with E-state index in [-0.39, 0.29) is 17.9 Å². The summed E-state index contributed by atoms with van der Waals surface area (Å²) in [5.41, 5.74) is 0.692. The number of hydrogen-bond acceptors (Lipinski definition) is 4. The molecule has 0 saturated carbocycles. The Morgan fingerprint density at radius 1 is 1.12 bits per heavy atom. The molecule has 2 atom stereocenters. The maximum absolute atomic E-state index is 12.8. The fraction of sp³-hybridized carbons (Fsp3) is 0.600. The summed E-state index contributed by atoms with van der Waals surface area (Å²) in [6.45, 7) is 1.75. The lowest BCUT2D eigenvalue weighted by Crippen LogP contribution is -2.48. The van der Waals surface area contributed by atoms with Crippen molar-refractivity contribution in [1.29, 1.82) is 0 Å². The minimum absolute atomic E-state index is 0.00646. The van der Waals surface area contributed by atoms with Gasteiger partial charge in [0.05, 0.1) is 11.3 Å². The number of thioether (sulfide) groups is 1. The molecule has 3 heterocycles. The average molecular weight is 374 g/mol. The van der Waals surface area contributed by atoms with Crippen LogP contribution in [-0.4, -0.2) is 53.7 Å². The van der Waals surface area contributed by atoms with Crippen LogP contribution in [0.3, 0.4) is 0 Å². The van der Waals surface area contributed by atoms with E-state index >= 15 is 0 Å². The van der Waals surface area contributed by atoms with E-state index in [0.29, 0.717) is 23.4 Å². The van der Waals surface area contributed by atoms with Crippen LogP contribution in [0.25, 0.3) is 0 Å². The lowest BCUT2D eigenvalue weighted by molar-refractivity contribution is -0.127. The highest BCUT2D eigenvalue weighted by Crippen LogP contribution is 2.28. The summed E-state index contributed by atoms with van der Waals surface area (Å²) in [5, 5.41) is 6.84. The van der Waals surface area contributed by atoms with Gasteiger partial charge in [0.1, 0.15) is 0 Å². The number of carbonyl (C=O) groups excluding carboxylic acids is 2. The van der Waals surface area contributed by atoms with Crippen LogP contribution in [0.5, 0.6) is 0 Å². The highest BCUT2D eigenvalue weighted by atomic mass is 32.2. The molecule has 2 bridgehead atoms. The molecule has 3 aliphatic heterocycles. The molecule has 4 rings (SSSR count). The first-order valence-electron chi connectivity index (χ1n) is 9.75. The Bertz CT molecular complexity index is 663. The van der Waals surface area contributed by atoms with E-state index in [1.165, 1.54) is 24.6 Å². The van der Waals surface area contributed by atoms with Gasteiger partial charge in [-0.3, -0.25) is 9.59 Å². The third-order valence-corrected chi connectivity index (χ3v) is 6.81. The minimum atomic E-state index is -0.00646. The lowest BCUT2D eigenvalue weighted by Gasteiger charge is -2.29. The van der Waals surface area contributed by atoms with Gasteiger partial charge in [0.2, 0.25) is 5.91 Å². The summed E-state index contributed by atoms with van der Waals surface area (Å²) in [7, 11) is 0. The molecule has 3 aliphatic rings. The number of nitrogens with zero attached hydrogens (tertiary/aromatic N) is 1. The van der Waals surface area contributed by atoms with E-state index in [4.69, 9.17) is 0 Å². The maximum atomic E-state index is 12.8. The van der Waals surface area contributed by atoms with Crippen LogP contribution in [0.2, 0.25) is 0 Å². The summed E-state index contributed by atoms with van der Waals surface area (Å²) in [6.07, 6.45) is 6.70. The molecule has 0 spiro atoms. The quantitative estimate of drug-likeness (QED) is 0.778. The molecule has 0 radical (unpaired) electrons. The Balaban J connectivity index is 1.36. The molecular formula is C20H27N3O2S. The van der Waals surface area contributed by atoms with Gasteiger partial charge in [-0.05, 0) is 50.7 Å². The van der Waals surface area contributed by atoms with E-state index in [9.17, 15) is 9.59 Å². The van der Waals surface area contributed by atoms with Crippen LogP contribution in [-0.2, 0) is 4.79 Å². The molecule has 3 fully saturated rings. The van der Waals surface area contributed by atoms with Crippen molar-refractivity contribution in [2.45, 2.75) is 61.5 Å². The highest BCUT2D eigenvalue weighted by Gasteiger charge is 2.34. The van der Waals surface area contributed by atoms with Gasteiger partial charge >= 0.3 is 0 Å². The monoisotopic (exact) mass is 373 g/mol. The third-order valence-electron chi connectivity index (χ3n) is 5.75. The highest BCUT2D eigenvalue weighted by molar-refractivity contribution is 8.00. The molecule has 5 nitrogen and oxygen atoms in total. The Kier molecular flexibility index (Phi) is 5.50. The van der Waals surface area contributed by atoms with E-state index in [1.807, 2.05) is 29.2 Å². The van der Waals surface area contributed by atoms with E-state index in [1.54, 1.807) is 0 Å². The molecule has 2 unspecified atom stereocenters. The van der Waals surface area contributed by atoms with Crippen LogP contribution < -0.4 is 10.6 Å². The summed E-state index contributed by atoms with van der Waals surface area (Å²) >= 11 is 1.48. The lowest BCUT2D eigenvalue weighted by atomic mass is 9.99. The van der Waals surface area contributed by atoms with E-state index < -0.39 is 0 Å². The number of piperidine rings is 1. The predicted octanol–water partition coefficient (Wildman–Crippen LogP) is 2.41. The van der Waals surface area contributed by atoms with E-state index in [2.05, 4.69) is 10.6 Å². The number of likely N-dealkylation sites (tertiary alicyclic amines) is 1. The molecule has 3 saturated heterocycles. The maximum Gasteiger partial charge on any atom is 0.252 e. The Labute approximate surface area is 159 Å². The zero-order valence-corrected chi connectivity index (χ0v) is 15.9. The van der Waals surface area contributed by atoms with Crippen molar-refractivity contribution in [2.75, 3.05) is 18.8 Å². The van der Waals surface area contributed by atoms with Gasteiger partial charge in [0, 0.05) is 36.1 Å². The molecule has 26 heavy (non-hydrogen) atoms. The first kappa shape index (κ1) is 17.9. The van der Waals surface area contributed by atoms with Gasteiger partial charge in [-0.1, -0.05) is 12.1 Å². The number of rotatable bonds is 5. The second-order valence-corrected chi connectivity index (χ2v) is 8.67. The Hall–Kier alpha value is -1.53. The molecule has 2 amide bonds. The summed E-state index contributed by atoms with van der Waals surface area (Å²) < 4.78 is 0. The van der Waals surface area contributed by atoms with E-state index in [0.717, 1.165) is 43.7 Å². The number of nitrogens with one attached hydrogen (secondary N) is 2. The van der Waals surface area contributed by atoms with Gasteiger partial charge in [-0.15, -0.1) is 11.8 Å². The number of benzene rings is 1. The molecule has 6 heteroatoms. The van der Waals surface area contributed by atoms with Gasteiger partial charge in [-0.25, -0.2) is 0 Å². The summed E-state index contributed by atoms with van der Waals surface area (Å²) in [6, 6.07) is 9.02. The number of fused-ring (bicyclic) bond motifs is 2. The largest absolute Gasteiger partial charge is 0.349 e. The number of carbonyl (C=O) groups is 2. The first-order chi connectivity index (χ1) is 12.7. The van der Waals surface area contributed by atoms with Crippen molar-refractivity contribution in [2.24, 2.45) is 0 Å². The Morgan fingerprint density at radius 3 is 2.54 bits per heavy atom. The predicted molar refractivity (Wildman–Crippen MR) is 103 cm³/mol. The fourth-order valence-corrected chi connectivity index (χ4v) is 5.37. The first-order valence-corrected chi connectivity index (χ1v) is 10.7. The van der Waals surface area contributed by atoms with Crippen LogP contribution in [0.1, 0.15) is 48.9 Å². The summed E-state index contributed by atoms with van der Waals surface area (Å²) in [4.78, 5) is 28.0. The van der Waals surface area contributed by atoms with Crippen molar-refractivity contribution in [3.63, 3.8) is 0 Å². The zero-order valence-electron chi connectivity index (χ0n) is 15.1. The van der Waals surface area contributed by atoms with Crippen LogP contribution in [0.4, 0.5) is 0 Å². The topological polar surface area (TPSA) is 61.4 Å². The summed E-state index contributed by atoms with van der Waals surface area (Å²) in [5.74, 6) is 0.576. The SMILES string of the molecule is O=C(NC1CC2CCC(C1)N2)c1ccccc1SCC(=O)N1CCCC1. The second-order valence-electron chi connectivity index (χ2n) is 7.65. The second kappa shape index (κ2) is 8.01.